The fourth-order valence-electron chi connectivity index (χ4n) is 4.97. The van der Waals surface area contributed by atoms with Gasteiger partial charge < -0.3 is 25.4 Å². The van der Waals surface area contributed by atoms with Crippen LogP contribution in [0.1, 0.15) is 56.2 Å². The lowest BCUT2D eigenvalue weighted by atomic mass is 10.00. The Balaban J connectivity index is 1.64. The van der Waals surface area contributed by atoms with Crippen molar-refractivity contribution >= 4 is 11.8 Å². The first-order valence-electron chi connectivity index (χ1n) is 14.2. The number of aliphatic hydroxyl groups is 1. The van der Waals surface area contributed by atoms with Gasteiger partial charge in [0.15, 0.2) is 0 Å². The van der Waals surface area contributed by atoms with Gasteiger partial charge in [0.1, 0.15) is 11.6 Å². The van der Waals surface area contributed by atoms with Crippen molar-refractivity contribution in [3.63, 3.8) is 0 Å². The van der Waals surface area contributed by atoms with Crippen LogP contribution in [0.25, 0.3) is 0 Å². The molecule has 2 heterocycles. The van der Waals surface area contributed by atoms with Gasteiger partial charge in [-0.3, -0.25) is 14.6 Å². The number of carbonyl (C=O) groups excluding carboxylic acids is 2. The number of halogens is 2. The van der Waals surface area contributed by atoms with Gasteiger partial charge in [-0.15, -0.1) is 0 Å². The molecule has 0 unspecified atom stereocenters. The monoisotopic (exact) mass is 560 g/mol. The fraction of sp³-hybridized carbons (Fsp3) is 0.567. The van der Waals surface area contributed by atoms with Crippen LogP contribution in [0.4, 0.5) is 8.78 Å². The van der Waals surface area contributed by atoms with Crippen molar-refractivity contribution in [1.29, 1.82) is 0 Å². The highest BCUT2D eigenvalue weighted by molar-refractivity contribution is 5.80. The molecule has 10 heteroatoms. The first kappa shape index (κ1) is 31.6. The van der Waals surface area contributed by atoms with E-state index in [1.165, 1.54) is 12.1 Å². The van der Waals surface area contributed by atoms with E-state index in [9.17, 15) is 23.5 Å². The third-order valence-corrected chi connectivity index (χ3v) is 6.85. The lowest BCUT2D eigenvalue weighted by Crippen LogP contribution is -2.49. The zero-order valence-corrected chi connectivity index (χ0v) is 23.5. The van der Waals surface area contributed by atoms with Crippen LogP contribution in [0.2, 0.25) is 0 Å². The summed E-state index contributed by atoms with van der Waals surface area (Å²) in [4.78, 5) is 31.9. The summed E-state index contributed by atoms with van der Waals surface area (Å²) in [5.74, 6) is -1.79. The van der Waals surface area contributed by atoms with Crippen molar-refractivity contribution in [2.75, 3.05) is 32.8 Å². The molecule has 1 aliphatic rings. The van der Waals surface area contributed by atoms with Gasteiger partial charge in [0.05, 0.1) is 31.1 Å². The minimum Gasteiger partial charge on any atom is -0.390 e. The molecule has 220 valence electrons. The third-order valence-electron chi connectivity index (χ3n) is 6.85. The Morgan fingerprint density at radius 3 is 2.35 bits per heavy atom. The zero-order chi connectivity index (χ0) is 28.9. The predicted molar refractivity (Wildman–Crippen MR) is 149 cm³/mol. The number of benzene rings is 1. The Labute approximate surface area is 235 Å². The van der Waals surface area contributed by atoms with Crippen molar-refractivity contribution in [2.45, 2.75) is 77.0 Å². The largest absolute Gasteiger partial charge is 0.390 e. The van der Waals surface area contributed by atoms with Gasteiger partial charge in [-0.25, -0.2) is 8.78 Å². The molecule has 1 saturated heterocycles. The number of amides is 2. The standard InChI is InChI=1S/C30H42F2N4O4/c1-3-7-36(8-4-2)30(39)15-23-10-22(17-33-18-23)14-29(38)35-27(13-21-11-24(31)16-25(32)12-21)28(37)20-34-19-26-6-5-9-40-26/h10-12,16-18,26-28,34,37H,3-9,13-15,19-20H2,1-2H3,(H,35,38)/t26-,27-,28+/m0/s1. The average Bonchev–Trinajstić information content (AvgIpc) is 3.41. The van der Waals surface area contributed by atoms with Gasteiger partial charge >= 0.3 is 0 Å². The lowest BCUT2D eigenvalue weighted by molar-refractivity contribution is -0.130. The van der Waals surface area contributed by atoms with Gasteiger partial charge in [-0.1, -0.05) is 19.9 Å². The van der Waals surface area contributed by atoms with E-state index in [1.807, 2.05) is 18.7 Å². The van der Waals surface area contributed by atoms with Crippen LogP contribution in [0, 0.1) is 11.6 Å². The minimum absolute atomic E-state index is 0.0211. The third kappa shape index (κ3) is 10.6. The lowest BCUT2D eigenvalue weighted by Gasteiger charge is -2.25. The second-order valence-electron chi connectivity index (χ2n) is 10.5. The van der Waals surface area contributed by atoms with E-state index in [0.717, 1.165) is 43.9 Å². The van der Waals surface area contributed by atoms with Crippen LogP contribution in [0.15, 0.2) is 36.7 Å². The summed E-state index contributed by atoms with van der Waals surface area (Å²) in [6.45, 7) is 6.93. The maximum atomic E-state index is 13.8. The second kappa shape index (κ2) is 16.3. The maximum absolute atomic E-state index is 13.8. The summed E-state index contributed by atoms with van der Waals surface area (Å²) in [7, 11) is 0. The van der Waals surface area contributed by atoms with Gasteiger partial charge in [-0.05, 0) is 60.9 Å². The number of ether oxygens (including phenoxy) is 1. The van der Waals surface area contributed by atoms with E-state index in [2.05, 4.69) is 15.6 Å². The molecule has 3 N–H and O–H groups in total. The normalized spacial score (nSPS) is 16.5. The number of nitrogens with one attached hydrogen (secondary N) is 2. The van der Waals surface area contributed by atoms with Crippen molar-refractivity contribution < 1.29 is 28.2 Å². The Hall–Kier alpha value is -2.95. The van der Waals surface area contributed by atoms with Crippen molar-refractivity contribution in [3.05, 3.63) is 65.0 Å². The SMILES string of the molecule is CCCN(CCC)C(=O)Cc1cncc(CC(=O)N[C@@H](Cc2cc(F)cc(F)c2)[C@H](O)CNC[C@@H]2CCCO2)c1. The molecule has 3 atom stereocenters. The minimum atomic E-state index is -1.01. The van der Waals surface area contributed by atoms with Crippen LogP contribution in [0.3, 0.4) is 0 Å². The van der Waals surface area contributed by atoms with Crippen LogP contribution >= 0.6 is 0 Å². The first-order valence-corrected chi connectivity index (χ1v) is 14.2. The fourth-order valence-corrected chi connectivity index (χ4v) is 4.97. The Morgan fingerprint density at radius 2 is 1.73 bits per heavy atom. The second-order valence-corrected chi connectivity index (χ2v) is 10.5. The Morgan fingerprint density at radius 1 is 1.05 bits per heavy atom. The van der Waals surface area contributed by atoms with Crippen molar-refractivity contribution in [1.82, 2.24) is 20.5 Å². The molecule has 1 aliphatic heterocycles. The molecule has 0 radical (unpaired) electrons. The van der Waals surface area contributed by atoms with E-state index in [-0.39, 0.29) is 43.7 Å². The quantitative estimate of drug-likeness (QED) is 0.292. The number of aliphatic hydroxyl groups excluding tert-OH is 1. The van der Waals surface area contributed by atoms with Crippen LogP contribution < -0.4 is 10.6 Å². The smallest absolute Gasteiger partial charge is 0.227 e. The maximum Gasteiger partial charge on any atom is 0.227 e. The molecule has 2 aromatic rings. The number of aromatic nitrogens is 1. The number of pyridine rings is 1. The summed E-state index contributed by atoms with van der Waals surface area (Å²) >= 11 is 0. The highest BCUT2D eigenvalue weighted by Crippen LogP contribution is 2.14. The number of rotatable bonds is 16. The van der Waals surface area contributed by atoms with E-state index >= 15 is 0 Å². The van der Waals surface area contributed by atoms with Gasteiger partial charge in [0.2, 0.25) is 11.8 Å². The topological polar surface area (TPSA) is 104 Å². The summed E-state index contributed by atoms with van der Waals surface area (Å²) in [6.07, 6.45) is 6.19. The molecule has 1 fully saturated rings. The summed E-state index contributed by atoms with van der Waals surface area (Å²) in [5, 5.41) is 16.9. The van der Waals surface area contributed by atoms with E-state index in [4.69, 9.17) is 4.74 Å². The summed E-state index contributed by atoms with van der Waals surface area (Å²) in [5.41, 5.74) is 1.67. The number of nitrogens with zero attached hydrogens (tertiary/aromatic N) is 2. The first-order chi connectivity index (χ1) is 19.3. The van der Waals surface area contributed by atoms with Gasteiger partial charge in [0, 0.05) is 51.2 Å². The van der Waals surface area contributed by atoms with Crippen LogP contribution in [-0.4, -0.2) is 77.8 Å². The molecule has 0 spiro atoms. The highest BCUT2D eigenvalue weighted by atomic mass is 19.1. The van der Waals surface area contributed by atoms with E-state index in [0.29, 0.717) is 30.8 Å². The molecular formula is C30H42F2N4O4. The molecule has 40 heavy (non-hydrogen) atoms. The molecule has 0 bridgehead atoms. The Kier molecular flexibility index (Phi) is 12.9. The van der Waals surface area contributed by atoms with Gasteiger partial charge in [0.25, 0.3) is 0 Å². The average molecular weight is 561 g/mol. The Bertz CT molecular complexity index is 1070. The highest BCUT2D eigenvalue weighted by Gasteiger charge is 2.24. The molecule has 1 aromatic heterocycles. The molecule has 2 amide bonds. The number of hydrogen-bond donors (Lipinski definition) is 3. The van der Waals surface area contributed by atoms with Crippen LogP contribution in [0.5, 0.6) is 0 Å². The predicted octanol–water partition coefficient (Wildman–Crippen LogP) is 2.95. The summed E-state index contributed by atoms with van der Waals surface area (Å²) < 4.78 is 33.2. The molecule has 3 rings (SSSR count). The van der Waals surface area contributed by atoms with Crippen LogP contribution in [-0.2, 0) is 33.6 Å². The molecule has 0 aliphatic carbocycles. The molecule has 0 saturated carbocycles. The zero-order valence-electron chi connectivity index (χ0n) is 23.5. The summed E-state index contributed by atoms with van der Waals surface area (Å²) in [6, 6.07) is 4.17. The van der Waals surface area contributed by atoms with Crippen molar-refractivity contribution in [2.24, 2.45) is 0 Å². The van der Waals surface area contributed by atoms with E-state index in [1.54, 1.807) is 18.5 Å². The molecular weight excluding hydrogens is 518 g/mol. The number of carbonyl (C=O) groups is 2. The van der Waals surface area contributed by atoms with Crippen molar-refractivity contribution in [3.8, 4) is 0 Å². The molecule has 1 aromatic carbocycles. The van der Waals surface area contributed by atoms with Gasteiger partial charge in [-0.2, -0.15) is 0 Å². The van der Waals surface area contributed by atoms with E-state index < -0.39 is 23.8 Å². The number of hydrogen-bond acceptors (Lipinski definition) is 6. The molecule has 8 nitrogen and oxygen atoms in total.